The van der Waals surface area contributed by atoms with Crippen LogP contribution in [0.3, 0.4) is 0 Å². The fourth-order valence-electron chi connectivity index (χ4n) is 5.17. The summed E-state index contributed by atoms with van der Waals surface area (Å²) in [6, 6.07) is 8.89. The Hall–Kier alpha value is -1.63. The van der Waals surface area contributed by atoms with Crippen LogP contribution in [0.4, 0.5) is 0 Å². The Morgan fingerprint density at radius 3 is 2.48 bits per heavy atom. The maximum absolute atomic E-state index is 5.49. The molecule has 1 aliphatic carbocycles. The van der Waals surface area contributed by atoms with Gasteiger partial charge < -0.3 is 19.9 Å². The Bertz CT molecular complexity index is 688. The highest BCUT2D eigenvalue weighted by Gasteiger charge is 2.39. The number of nitrogens with zero attached hydrogens (tertiary/aromatic N) is 4. The first kappa shape index (κ1) is 20.6. The molecule has 6 heteroatoms. The number of guanidine groups is 1. The molecule has 3 aliphatic rings. The average molecular weight is 400 g/mol. The standard InChI is InChI=1S/C23H37N5O/c1-24-22(28-9-8-19(17-28)16-27-10-12-29-13-11-27)25-18-23(26(2)3)14-20-6-4-5-7-21(20)15-23/h4-7,19H,8-18H2,1-3H3,(H,24,25). The monoisotopic (exact) mass is 399 g/mol. The van der Waals surface area contributed by atoms with E-state index >= 15 is 0 Å². The number of nitrogens with one attached hydrogen (secondary N) is 1. The van der Waals surface area contributed by atoms with E-state index in [0.717, 1.165) is 70.7 Å². The number of hydrogen-bond donors (Lipinski definition) is 1. The van der Waals surface area contributed by atoms with E-state index in [4.69, 9.17) is 4.74 Å². The molecule has 2 heterocycles. The molecule has 6 nitrogen and oxygen atoms in total. The molecule has 160 valence electrons. The maximum Gasteiger partial charge on any atom is 0.193 e. The van der Waals surface area contributed by atoms with Gasteiger partial charge in [-0.05, 0) is 50.4 Å². The van der Waals surface area contributed by atoms with Gasteiger partial charge in [-0.2, -0.15) is 0 Å². The summed E-state index contributed by atoms with van der Waals surface area (Å²) in [4.78, 5) is 12.0. The van der Waals surface area contributed by atoms with Crippen molar-refractivity contribution in [2.75, 3.05) is 73.6 Å². The molecule has 0 spiro atoms. The first-order valence-electron chi connectivity index (χ1n) is 11.1. The minimum atomic E-state index is 0.118. The van der Waals surface area contributed by atoms with Gasteiger partial charge in [0.05, 0.1) is 13.2 Å². The van der Waals surface area contributed by atoms with Crippen molar-refractivity contribution in [3.63, 3.8) is 0 Å². The minimum absolute atomic E-state index is 0.118. The van der Waals surface area contributed by atoms with E-state index in [-0.39, 0.29) is 5.54 Å². The minimum Gasteiger partial charge on any atom is -0.379 e. The van der Waals surface area contributed by atoms with E-state index in [9.17, 15) is 0 Å². The average Bonchev–Trinajstić information content (AvgIpc) is 3.34. The van der Waals surface area contributed by atoms with Crippen LogP contribution in [0.15, 0.2) is 29.3 Å². The molecule has 0 aromatic heterocycles. The molecule has 1 N–H and O–H groups in total. The van der Waals surface area contributed by atoms with Crippen molar-refractivity contribution >= 4 is 5.96 Å². The summed E-state index contributed by atoms with van der Waals surface area (Å²) in [6.45, 7) is 8.24. The summed E-state index contributed by atoms with van der Waals surface area (Å²) in [7, 11) is 6.35. The Morgan fingerprint density at radius 1 is 1.17 bits per heavy atom. The number of hydrogen-bond acceptors (Lipinski definition) is 4. The van der Waals surface area contributed by atoms with Crippen LogP contribution in [0.25, 0.3) is 0 Å². The van der Waals surface area contributed by atoms with E-state index in [1.807, 2.05) is 7.05 Å². The summed E-state index contributed by atoms with van der Waals surface area (Å²) in [6.07, 6.45) is 3.45. The van der Waals surface area contributed by atoms with Crippen LogP contribution >= 0.6 is 0 Å². The molecule has 0 radical (unpaired) electrons. The van der Waals surface area contributed by atoms with E-state index < -0.39 is 0 Å². The van der Waals surface area contributed by atoms with Crippen molar-refractivity contribution in [1.82, 2.24) is 20.0 Å². The zero-order valence-corrected chi connectivity index (χ0v) is 18.4. The van der Waals surface area contributed by atoms with E-state index in [1.54, 1.807) is 0 Å². The van der Waals surface area contributed by atoms with Gasteiger partial charge >= 0.3 is 0 Å². The second-order valence-corrected chi connectivity index (χ2v) is 9.16. The predicted octanol–water partition coefficient (Wildman–Crippen LogP) is 1.32. The Balaban J connectivity index is 1.33. The number of benzene rings is 1. The second-order valence-electron chi connectivity index (χ2n) is 9.16. The first-order valence-corrected chi connectivity index (χ1v) is 11.1. The topological polar surface area (TPSA) is 43.3 Å². The summed E-state index contributed by atoms with van der Waals surface area (Å²) < 4.78 is 5.49. The molecule has 2 fully saturated rings. The third kappa shape index (κ3) is 4.60. The highest BCUT2D eigenvalue weighted by Crippen LogP contribution is 2.33. The smallest absolute Gasteiger partial charge is 0.193 e. The molecule has 0 saturated carbocycles. The molecular formula is C23H37N5O. The maximum atomic E-state index is 5.49. The first-order chi connectivity index (χ1) is 14.1. The number of rotatable bonds is 5. The van der Waals surface area contributed by atoms with E-state index in [0.29, 0.717) is 0 Å². The molecule has 1 aromatic rings. The third-order valence-electron chi connectivity index (χ3n) is 7.10. The van der Waals surface area contributed by atoms with Crippen LogP contribution in [-0.4, -0.2) is 99.8 Å². The normalized spacial score (nSPS) is 24.9. The van der Waals surface area contributed by atoms with Crippen LogP contribution < -0.4 is 5.32 Å². The van der Waals surface area contributed by atoms with Crippen molar-refractivity contribution in [2.24, 2.45) is 10.9 Å². The molecule has 1 aromatic carbocycles. The predicted molar refractivity (Wildman–Crippen MR) is 119 cm³/mol. The van der Waals surface area contributed by atoms with Crippen LogP contribution in [0.1, 0.15) is 17.5 Å². The van der Waals surface area contributed by atoms with Gasteiger partial charge in [0.2, 0.25) is 0 Å². The van der Waals surface area contributed by atoms with E-state index in [1.165, 1.54) is 24.1 Å². The summed E-state index contributed by atoms with van der Waals surface area (Å²) in [5.74, 6) is 1.79. The van der Waals surface area contributed by atoms with Crippen molar-refractivity contribution < 1.29 is 4.74 Å². The van der Waals surface area contributed by atoms with E-state index in [2.05, 4.69) is 63.4 Å². The lowest BCUT2D eigenvalue weighted by atomic mass is 9.94. The fraction of sp³-hybridized carbons (Fsp3) is 0.696. The summed E-state index contributed by atoms with van der Waals surface area (Å²) in [5.41, 5.74) is 3.10. The van der Waals surface area contributed by atoms with Crippen molar-refractivity contribution in [3.8, 4) is 0 Å². The number of morpholine rings is 1. The SMILES string of the molecule is CN=C(NCC1(N(C)C)Cc2ccccc2C1)N1CCC(CN2CCOCC2)C1. The zero-order chi connectivity index (χ0) is 20.3. The molecule has 0 bridgehead atoms. The van der Waals surface area contributed by atoms with Gasteiger partial charge in [0.1, 0.15) is 0 Å². The largest absolute Gasteiger partial charge is 0.379 e. The van der Waals surface area contributed by atoms with Gasteiger partial charge in [0.25, 0.3) is 0 Å². The Labute approximate surface area is 175 Å². The van der Waals surface area contributed by atoms with Gasteiger partial charge in [-0.25, -0.2) is 0 Å². The number of ether oxygens (including phenoxy) is 1. The molecular weight excluding hydrogens is 362 g/mol. The van der Waals surface area contributed by atoms with Crippen LogP contribution in [-0.2, 0) is 17.6 Å². The number of fused-ring (bicyclic) bond motifs is 1. The number of likely N-dealkylation sites (tertiary alicyclic amines) is 1. The quantitative estimate of drug-likeness (QED) is 0.598. The van der Waals surface area contributed by atoms with Gasteiger partial charge in [0, 0.05) is 51.9 Å². The lowest BCUT2D eigenvalue weighted by Gasteiger charge is -2.37. The van der Waals surface area contributed by atoms with Crippen molar-refractivity contribution in [2.45, 2.75) is 24.8 Å². The third-order valence-corrected chi connectivity index (χ3v) is 7.10. The van der Waals surface area contributed by atoms with Crippen molar-refractivity contribution in [3.05, 3.63) is 35.4 Å². The molecule has 2 saturated heterocycles. The molecule has 4 rings (SSSR count). The summed E-state index contributed by atoms with van der Waals surface area (Å²) in [5, 5.41) is 3.74. The summed E-state index contributed by atoms with van der Waals surface area (Å²) >= 11 is 0. The molecule has 29 heavy (non-hydrogen) atoms. The lowest BCUT2D eigenvalue weighted by molar-refractivity contribution is 0.0315. The number of aliphatic imine (C=N–C) groups is 1. The highest BCUT2D eigenvalue weighted by atomic mass is 16.5. The highest BCUT2D eigenvalue weighted by molar-refractivity contribution is 5.80. The molecule has 0 amide bonds. The Kier molecular flexibility index (Phi) is 6.42. The molecule has 1 unspecified atom stereocenters. The van der Waals surface area contributed by atoms with Gasteiger partial charge in [-0.15, -0.1) is 0 Å². The fourth-order valence-corrected chi connectivity index (χ4v) is 5.17. The lowest BCUT2D eigenvalue weighted by Crippen LogP contribution is -2.55. The van der Waals surface area contributed by atoms with Crippen molar-refractivity contribution in [1.29, 1.82) is 0 Å². The number of likely N-dealkylation sites (N-methyl/N-ethyl adjacent to an activating group) is 1. The van der Waals surface area contributed by atoms with Gasteiger partial charge in [-0.3, -0.25) is 9.89 Å². The Morgan fingerprint density at radius 2 is 1.86 bits per heavy atom. The van der Waals surface area contributed by atoms with Gasteiger partial charge in [0.15, 0.2) is 5.96 Å². The molecule has 1 atom stereocenters. The van der Waals surface area contributed by atoms with Crippen LogP contribution in [0.2, 0.25) is 0 Å². The molecule has 2 aliphatic heterocycles. The van der Waals surface area contributed by atoms with Gasteiger partial charge in [-0.1, -0.05) is 24.3 Å². The van der Waals surface area contributed by atoms with Crippen LogP contribution in [0, 0.1) is 5.92 Å². The zero-order valence-electron chi connectivity index (χ0n) is 18.4. The van der Waals surface area contributed by atoms with Crippen LogP contribution in [0.5, 0.6) is 0 Å². The second kappa shape index (κ2) is 9.02.